The van der Waals surface area contributed by atoms with Crippen molar-refractivity contribution in [2.24, 2.45) is 0 Å². The van der Waals surface area contributed by atoms with E-state index in [1.165, 1.54) is 11.8 Å². The van der Waals surface area contributed by atoms with Gasteiger partial charge in [0.25, 0.3) is 0 Å². The molecule has 1 N–H and O–H groups in total. The average molecular weight is 277 g/mol. The molecular weight excluding hydrogens is 254 g/mol. The molecule has 0 aromatic heterocycles. The fourth-order valence-electron chi connectivity index (χ4n) is 2.74. The quantitative estimate of drug-likeness (QED) is 0.900. The van der Waals surface area contributed by atoms with Crippen LogP contribution in [0, 0.1) is 20.8 Å². The fraction of sp³-hybridized carbons (Fsp3) is 0.500. The van der Waals surface area contributed by atoms with Crippen LogP contribution < -0.4 is 0 Å². The van der Waals surface area contributed by atoms with Crippen LogP contribution in [0.25, 0.3) is 0 Å². The summed E-state index contributed by atoms with van der Waals surface area (Å²) in [5.74, 6) is -1.19. The first-order chi connectivity index (χ1) is 9.29. The minimum atomic E-state index is -0.983. The first-order valence-electron chi connectivity index (χ1n) is 6.87. The second-order valence-electron chi connectivity index (χ2n) is 5.27. The number of nitrogens with zero attached hydrogens (tertiary/aromatic N) is 1. The monoisotopic (exact) mass is 277 g/mol. The van der Waals surface area contributed by atoms with Gasteiger partial charge in [-0.15, -0.1) is 0 Å². The number of carbonyl (C=O) groups is 2. The van der Waals surface area contributed by atoms with Gasteiger partial charge in [-0.25, -0.2) is 4.79 Å². The SMILES string of the molecule is CCCN(C(C)=O)C(C(=O)O)c1c(C)cc(C)cc1C. The Morgan fingerprint density at radius 2 is 1.70 bits per heavy atom. The predicted molar refractivity (Wildman–Crippen MR) is 78.7 cm³/mol. The Labute approximate surface area is 120 Å². The highest BCUT2D eigenvalue weighted by molar-refractivity contribution is 5.84. The number of hydrogen-bond acceptors (Lipinski definition) is 2. The number of hydrogen-bond donors (Lipinski definition) is 1. The van der Waals surface area contributed by atoms with E-state index in [0.717, 1.165) is 28.7 Å². The van der Waals surface area contributed by atoms with Crippen LogP contribution in [0.1, 0.15) is 48.6 Å². The van der Waals surface area contributed by atoms with Crippen molar-refractivity contribution in [1.82, 2.24) is 4.90 Å². The standard InChI is InChI=1S/C16H23NO3/c1-6-7-17(13(5)18)15(16(19)20)14-11(3)8-10(2)9-12(14)4/h8-9,15H,6-7H2,1-5H3,(H,19,20). The molecule has 4 heteroatoms. The average Bonchev–Trinajstić information content (AvgIpc) is 2.30. The van der Waals surface area contributed by atoms with Gasteiger partial charge >= 0.3 is 5.97 Å². The van der Waals surface area contributed by atoms with Gasteiger partial charge in [-0.2, -0.15) is 0 Å². The molecule has 1 rings (SSSR count). The molecule has 0 aliphatic heterocycles. The van der Waals surface area contributed by atoms with E-state index in [9.17, 15) is 14.7 Å². The van der Waals surface area contributed by atoms with Gasteiger partial charge in [0, 0.05) is 13.5 Å². The number of carbonyl (C=O) groups excluding carboxylic acids is 1. The predicted octanol–water partition coefficient (Wildman–Crippen LogP) is 3.00. The molecule has 0 radical (unpaired) electrons. The van der Waals surface area contributed by atoms with Crippen molar-refractivity contribution < 1.29 is 14.7 Å². The molecule has 1 unspecified atom stereocenters. The van der Waals surface area contributed by atoms with E-state index in [1.54, 1.807) is 0 Å². The van der Waals surface area contributed by atoms with Gasteiger partial charge in [0.15, 0.2) is 6.04 Å². The van der Waals surface area contributed by atoms with Gasteiger partial charge < -0.3 is 10.0 Å². The number of rotatable bonds is 5. The lowest BCUT2D eigenvalue weighted by atomic mass is 9.93. The number of aryl methyl sites for hydroxylation is 3. The third kappa shape index (κ3) is 3.38. The third-order valence-corrected chi connectivity index (χ3v) is 3.43. The van der Waals surface area contributed by atoms with Gasteiger partial charge in [0.1, 0.15) is 0 Å². The highest BCUT2D eigenvalue weighted by Crippen LogP contribution is 2.29. The van der Waals surface area contributed by atoms with Crippen LogP contribution in [-0.2, 0) is 9.59 Å². The van der Waals surface area contributed by atoms with Crippen molar-refractivity contribution in [2.75, 3.05) is 6.54 Å². The summed E-state index contributed by atoms with van der Waals surface area (Å²) in [5, 5.41) is 9.60. The van der Waals surface area contributed by atoms with Crippen LogP contribution in [0.15, 0.2) is 12.1 Å². The molecule has 20 heavy (non-hydrogen) atoms. The van der Waals surface area contributed by atoms with Crippen LogP contribution >= 0.6 is 0 Å². The summed E-state index contributed by atoms with van der Waals surface area (Å²) in [5.41, 5.74) is 3.65. The molecule has 0 bridgehead atoms. The molecule has 0 fully saturated rings. The van der Waals surface area contributed by atoms with Crippen molar-refractivity contribution in [1.29, 1.82) is 0 Å². The number of benzene rings is 1. The van der Waals surface area contributed by atoms with Crippen LogP contribution in [0.4, 0.5) is 0 Å². The highest BCUT2D eigenvalue weighted by Gasteiger charge is 2.31. The molecule has 1 aromatic rings. The molecule has 0 heterocycles. The minimum absolute atomic E-state index is 0.210. The Balaban J connectivity index is 3.41. The Kier molecular flexibility index (Phi) is 5.31. The van der Waals surface area contributed by atoms with Crippen molar-refractivity contribution in [3.05, 3.63) is 34.4 Å². The molecule has 110 valence electrons. The Morgan fingerprint density at radius 3 is 2.05 bits per heavy atom. The highest BCUT2D eigenvalue weighted by atomic mass is 16.4. The van der Waals surface area contributed by atoms with Crippen molar-refractivity contribution in [3.8, 4) is 0 Å². The second-order valence-corrected chi connectivity index (χ2v) is 5.27. The van der Waals surface area contributed by atoms with Gasteiger partial charge in [-0.1, -0.05) is 24.6 Å². The summed E-state index contributed by atoms with van der Waals surface area (Å²) in [6.07, 6.45) is 0.729. The number of carboxylic acid groups (broad SMARTS) is 1. The lowest BCUT2D eigenvalue weighted by molar-refractivity contribution is -0.149. The maximum atomic E-state index is 11.8. The van der Waals surface area contributed by atoms with E-state index in [1.807, 2.05) is 39.8 Å². The summed E-state index contributed by atoms with van der Waals surface area (Å²) >= 11 is 0. The van der Waals surface area contributed by atoms with Crippen molar-refractivity contribution in [2.45, 2.75) is 47.1 Å². The van der Waals surface area contributed by atoms with E-state index in [-0.39, 0.29) is 5.91 Å². The Hall–Kier alpha value is -1.84. The molecule has 0 saturated carbocycles. The molecule has 4 nitrogen and oxygen atoms in total. The zero-order valence-electron chi connectivity index (χ0n) is 12.9. The molecule has 1 atom stereocenters. The normalized spacial score (nSPS) is 12.1. The number of amides is 1. The van der Waals surface area contributed by atoms with Crippen molar-refractivity contribution >= 4 is 11.9 Å². The van der Waals surface area contributed by atoms with Crippen LogP contribution in [0.3, 0.4) is 0 Å². The maximum absolute atomic E-state index is 11.8. The third-order valence-electron chi connectivity index (χ3n) is 3.43. The first kappa shape index (κ1) is 16.2. The van der Waals surface area contributed by atoms with Crippen LogP contribution in [0.5, 0.6) is 0 Å². The molecular formula is C16H23NO3. The van der Waals surface area contributed by atoms with E-state index < -0.39 is 12.0 Å². The largest absolute Gasteiger partial charge is 0.479 e. The maximum Gasteiger partial charge on any atom is 0.331 e. The van der Waals surface area contributed by atoms with E-state index in [2.05, 4.69) is 0 Å². The van der Waals surface area contributed by atoms with Crippen LogP contribution in [-0.4, -0.2) is 28.4 Å². The minimum Gasteiger partial charge on any atom is -0.479 e. The molecule has 0 aliphatic carbocycles. The summed E-state index contributed by atoms with van der Waals surface area (Å²) in [4.78, 5) is 25.0. The van der Waals surface area contributed by atoms with E-state index in [4.69, 9.17) is 0 Å². The smallest absolute Gasteiger partial charge is 0.331 e. The molecule has 1 aromatic carbocycles. The first-order valence-corrected chi connectivity index (χ1v) is 6.87. The zero-order chi connectivity index (χ0) is 15.4. The number of aliphatic carboxylic acids is 1. The summed E-state index contributed by atoms with van der Waals surface area (Å²) < 4.78 is 0. The zero-order valence-corrected chi connectivity index (χ0v) is 12.9. The van der Waals surface area contributed by atoms with Crippen LogP contribution in [0.2, 0.25) is 0 Å². The van der Waals surface area contributed by atoms with Gasteiger partial charge in [0.05, 0.1) is 0 Å². The van der Waals surface area contributed by atoms with Gasteiger partial charge in [-0.3, -0.25) is 4.79 Å². The van der Waals surface area contributed by atoms with Gasteiger partial charge in [0.2, 0.25) is 5.91 Å². The lowest BCUT2D eigenvalue weighted by Gasteiger charge is -2.30. The molecule has 1 amide bonds. The molecule has 0 saturated heterocycles. The molecule has 0 spiro atoms. The second kappa shape index (κ2) is 6.55. The molecule has 0 aliphatic rings. The van der Waals surface area contributed by atoms with E-state index in [0.29, 0.717) is 6.54 Å². The summed E-state index contributed by atoms with van der Waals surface area (Å²) in [7, 11) is 0. The van der Waals surface area contributed by atoms with Crippen molar-refractivity contribution in [3.63, 3.8) is 0 Å². The lowest BCUT2D eigenvalue weighted by Crippen LogP contribution is -2.39. The fourth-order valence-corrected chi connectivity index (χ4v) is 2.74. The Morgan fingerprint density at radius 1 is 1.20 bits per heavy atom. The topological polar surface area (TPSA) is 57.6 Å². The summed E-state index contributed by atoms with van der Waals surface area (Å²) in [6, 6.07) is 3.01. The number of carboxylic acids is 1. The van der Waals surface area contributed by atoms with E-state index >= 15 is 0 Å². The summed E-state index contributed by atoms with van der Waals surface area (Å²) in [6.45, 7) is 9.58. The van der Waals surface area contributed by atoms with Gasteiger partial charge in [-0.05, 0) is 43.9 Å². The Bertz CT molecular complexity index is 499.